The average molecular weight is 412 g/mol. The summed E-state index contributed by atoms with van der Waals surface area (Å²) in [5.41, 5.74) is 1.10. The lowest BCUT2D eigenvalue weighted by Crippen LogP contribution is -2.35. The van der Waals surface area contributed by atoms with E-state index in [1.54, 1.807) is 23.6 Å². The van der Waals surface area contributed by atoms with Gasteiger partial charge in [0.1, 0.15) is 10.6 Å². The fourth-order valence-electron chi connectivity index (χ4n) is 3.82. The highest BCUT2D eigenvalue weighted by Gasteiger charge is 2.29. The summed E-state index contributed by atoms with van der Waals surface area (Å²) in [6.07, 6.45) is 4.34. The number of piperidine rings is 1. The summed E-state index contributed by atoms with van der Waals surface area (Å²) in [6.45, 7) is 1.08. The molecule has 0 atom stereocenters. The van der Waals surface area contributed by atoms with E-state index in [0.717, 1.165) is 35.7 Å². The van der Waals surface area contributed by atoms with Crippen molar-refractivity contribution in [2.75, 3.05) is 25.0 Å². The van der Waals surface area contributed by atoms with Gasteiger partial charge in [0.15, 0.2) is 0 Å². The van der Waals surface area contributed by atoms with Crippen LogP contribution in [0.1, 0.15) is 29.8 Å². The highest BCUT2D eigenvalue weighted by Crippen LogP contribution is 2.25. The Bertz CT molecular complexity index is 1160. The van der Waals surface area contributed by atoms with Crippen molar-refractivity contribution in [3.8, 4) is 0 Å². The first-order valence-electron chi connectivity index (χ1n) is 9.81. The van der Waals surface area contributed by atoms with Gasteiger partial charge in [0.25, 0.3) is 5.91 Å². The van der Waals surface area contributed by atoms with E-state index in [1.165, 1.54) is 16.6 Å². The maximum absolute atomic E-state index is 13.1. The Hall–Kier alpha value is -2.64. The van der Waals surface area contributed by atoms with Crippen LogP contribution >= 0.6 is 0 Å². The Balaban J connectivity index is 1.63. The molecule has 1 saturated heterocycles. The second-order valence-corrected chi connectivity index (χ2v) is 9.47. The molecule has 0 unspecified atom stereocenters. The molecule has 1 amide bonds. The zero-order valence-electron chi connectivity index (χ0n) is 16.7. The summed E-state index contributed by atoms with van der Waals surface area (Å²) in [5.74, 6) is -0.247. The van der Waals surface area contributed by atoms with Gasteiger partial charge >= 0.3 is 0 Å². The molecule has 0 bridgehead atoms. The number of rotatable bonds is 4. The number of anilines is 1. The molecule has 7 heteroatoms. The minimum Gasteiger partial charge on any atom is -0.345 e. The summed E-state index contributed by atoms with van der Waals surface area (Å²) in [5, 5.41) is 2.15. The molecular formula is C22H25N3O3S. The van der Waals surface area contributed by atoms with Crippen molar-refractivity contribution < 1.29 is 13.2 Å². The Morgan fingerprint density at radius 1 is 0.966 bits per heavy atom. The van der Waals surface area contributed by atoms with E-state index in [-0.39, 0.29) is 10.8 Å². The number of aryl methyl sites for hydroxylation is 1. The fraction of sp³-hybridized carbons (Fsp3) is 0.318. The van der Waals surface area contributed by atoms with Crippen LogP contribution in [-0.4, -0.2) is 43.3 Å². The van der Waals surface area contributed by atoms with Crippen molar-refractivity contribution in [2.45, 2.75) is 24.2 Å². The van der Waals surface area contributed by atoms with Crippen molar-refractivity contribution in [3.63, 3.8) is 0 Å². The lowest BCUT2D eigenvalue weighted by molar-refractivity contribution is 0.0985. The molecule has 0 spiro atoms. The molecule has 29 heavy (non-hydrogen) atoms. The Kier molecular flexibility index (Phi) is 5.19. The summed E-state index contributed by atoms with van der Waals surface area (Å²) in [7, 11) is -0.163. The van der Waals surface area contributed by atoms with Gasteiger partial charge in [-0.05, 0) is 41.8 Å². The smallest absolute Gasteiger partial charge is 0.274 e. The van der Waals surface area contributed by atoms with Gasteiger partial charge in [-0.3, -0.25) is 4.79 Å². The van der Waals surface area contributed by atoms with Crippen molar-refractivity contribution in [2.24, 2.45) is 7.05 Å². The average Bonchev–Trinajstić information content (AvgIpc) is 3.15. The maximum Gasteiger partial charge on any atom is 0.274 e. The molecule has 1 fully saturated rings. The number of aromatic nitrogens is 1. The fourth-order valence-corrected chi connectivity index (χ4v) is 5.41. The molecule has 2 heterocycles. The topological polar surface area (TPSA) is 62.6 Å². The van der Waals surface area contributed by atoms with Crippen LogP contribution in [0.3, 0.4) is 0 Å². The first-order valence-corrected chi connectivity index (χ1v) is 11.3. The molecule has 0 N–H and O–H groups in total. The number of nitrogens with zero attached hydrogens (tertiary/aromatic N) is 3. The first kappa shape index (κ1) is 19.7. The zero-order valence-corrected chi connectivity index (χ0v) is 17.5. The highest BCUT2D eigenvalue weighted by molar-refractivity contribution is 7.89. The van der Waals surface area contributed by atoms with Crippen molar-refractivity contribution in [3.05, 3.63) is 60.4 Å². The van der Waals surface area contributed by atoms with Crippen LogP contribution in [0, 0.1) is 0 Å². The van der Waals surface area contributed by atoms with Gasteiger partial charge in [0.05, 0.1) is 0 Å². The van der Waals surface area contributed by atoms with Crippen LogP contribution in [0.25, 0.3) is 10.8 Å². The molecule has 152 valence electrons. The number of hydrogen-bond donors (Lipinski definition) is 0. The van der Waals surface area contributed by atoms with Crippen molar-refractivity contribution >= 4 is 32.4 Å². The molecule has 1 aromatic heterocycles. The van der Waals surface area contributed by atoms with Gasteiger partial charge in [-0.25, -0.2) is 8.42 Å². The number of benzene rings is 2. The second-order valence-electron chi connectivity index (χ2n) is 7.53. The van der Waals surface area contributed by atoms with E-state index in [2.05, 4.69) is 0 Å². The Morgan fingerprint density at radius 3 is 2.38 bits per heavy atom. The predicted molar refractivity (Wildman–Crippen MR) is 115 cm³/mol. The predicted octanol–water partition coefficient (Wildman–Crippen LogP) is 3.63. The SMILES string of the molecule is CN(C(=O)c1cc(S(=O)(=O)N2CCCCC2)cn1C)c1ccc2ccccc2c1. The molecule has 1 aliphatic heterocycles. The lowest BCUT2D eigenvalue weighted by atomic mass is 10.1. The minimum atomic E-state index is -3.57. The van der Waals surface area contributed by atoms with Crippen LogP contribution < -0.4 is 4.90 Å². The standard InChI is InChI=1S/C22H25N3O3S/c1-23-16-20(29(27,28)25-12-6-3-7-13-25)15-21(23)22(26)24(2)19-11-10-17-8-4-5-9-18(17)14-19/h4-5,8-11,14-16H,3,6-7,12-13H2,1-2H3. The Labute approximate surface area is 171 Å². The third kappa shape index (κ3) is 3.68. The van der Waals surface area contributed by atoms with E-state index >= 15 is 0 Å². The largest absolute Gasteiger partial charge is 0.345 e. The van der Waals surface area contributed by atoms with E-state index in [4.69, 9.17) is 0 Å². The maximum atomic E-state index is 13.1. The highest BCUT2D eigenvalue weighted by atomic mass is 32.2. The number of carbonyl (C=O) groups is 1. The number of hydrogen-bond acceptors (Lipinski definition) is 3. The van der Waals surface area contributed by atoms with E-state index in [9.17, 15) is 13.2 Å². The van der Waals surface area contributed by atoms with Crippen molar-refractivity contribution in [1.29, 1.82) is 0 Å². The van der Waals surface area contributed by atoms with Crippen molar-refractivity contribution in [1.82, 2.24) is 8.87 Å². The number of sulfonamides is 1. The third-order valence-electron chi connectivity index (χ3n) is 5.58. The number of fused-ring (bicyclic) bond motifs is 1. The molecule has 1 aliphatic rings. The van der Waals surface area contributed by atoms with Crippen LogP contribution in [0.2, 0.25) is 0 Å². The number of amides is 1. The molecule has 0 radical (unpaired) electrons. The molecule has 3 aromatic rings. The Morgan fingerprint density at radius 2 is 1.66 bits per heavy atom. The van der Waals surface area contributed by atoms with Gasteiger partial charge < -0.3 is 9.47 Å². The zero-order chi connectivity index (χ0) is 20.6. The van der Waals surface area contributed by atoms with Gasteiger partial charge in [-0.1, -0.05) is 36.8 Å². The minimum absolute atomic E-state index is 0.178. The molecule has 2 aromatic carbocycles. The molecule has 0 saturated carbocycles. The van der Waals surface area contributed by atoms with Gasteiger partial charge in [0, 0.05) is 39.1 Å². The summed E-state index contributed by atoms with van der Waals surface area (Å²) < 4.78 is 29.0. The summed E-state index contributed by atoms with van der Waals surface area (Å²) in [6, 6.07) is 15.3. The lowest BCUT2D eigenvalue weighted by Gasteiger charge is -2.25. The van der Waals surface area contributed by atoms with Gasteiger partial charge in [-0.2, -0.15) is 4.31 Å². The van der Waals surface area contributed by atoms with Crippen LogP contribution in [0.5, 0.6) is 0 Å². The molecule has 6 nitrogen and oxygen atoms in total. The van der Waals surface area contributed by atoms with E-state index in [0.29, 0.717) is 18.8 Å². The molecule has 4 rings (SSSR count). The van der Waals surface area contributed by atoms with E-state index in [1.807, 2.05) is 42.5 Å². The monoisotopic (exact) mass is 411 g/mol. The normalized spacial score (nSPS) is 15.5. The summed E-state index contributed by atoms with van der Waals surface area (Å²) >= 11 is 0. The van der Waals surface area contributed by atoms with Gasteiger partial charge in [0.2, 0.25) is 10.0 Å². The van der Waals surface area contributed by atoms with Crippen LogP contribution in [0.4, 0.5) is 5.69 Å². The quantitative estimate of drug-likeness (QED) is 0.659. The number of carbonyl (C=O) groups excluding carboxylic acids is 1. The summed E-state index contributed by atoms with van der Waals surface area (Å²) in [4.78, 5) is 14.8. The van der Waals surface area contributed by atoms with Gasteiger partial charge in [-0.15, -0.1) is 0 Å². The van der Waals surface area contributed by atoms with E-state index < -0.39 is 10.0 Å². The van der Waals surface area contributed by atoms with Crippen LogP contribution in [0.15, 0.2) is 59.6 Å². The molecular weight excluding hydrogens is 386 g/mol. The second kappa shape index (κ2) is 7.65. The third-order valence-corrected chi connectivity index (χ3v) is 7.44. The van der Waals surface area contributed by atoms with Crippen LogP contribution in [-0.2, 0) is 17.1 Å². The molecule has 0 aliphatic carbocycles. The first-order chi connectivity index (χ1) is 13.9.